The molecule has 0 saturated heterocycles. The Labute approximate surface area is 127 Å². The van der Waals surface area contributed by atoms with Crippen molar-refractivity contribution in [2.24, 2.45) is 7.05 Å². The summed E-state index contributed by atoms with van der Waals surface area (Å²) >= 11 is 0. The van der Waals surface area contributed by atoms with Crippen molar-refractivity contribution in [3.63, 3.8) is 0 Å². The highest BCUT2D eigenvalue weighted by Gasteiger charge is 2.11. The van der Waals surface area contributed by atoms with Gasteiger partial charge in [-0.2, -0.15) is 5.10 Å². The zero-order chi connectivity index (χ0) is 15.4. The molecule has 0 aliphatic rings. The molecule has 0 radical (unpaired) electrons. The van der Waals surface area contributed by atoms with Gasteiger partial charge in [-0.25, -0.2) is 0 Å². The molecule has 1 heterocycles. The van der Waals surface area contributed by atoms with Crippen LogP contribution < -0.4 is 0 Å². The summed E-state index contributed by atoms with van der Waals surface area (Å²) in [6.07, 6.45) is 5.36. The molecule has 1 aromatic carbocycles. The fraction of sp³-hybridized carbons (Fsp3) is 0.316. The second-order valence-electron chi connectivity index (χ2n) is 5.51. The molecule has 0 fully saturated rings. The summed E-state index contributed by atoms with van der Waals surface area (Å²) in [6.45, 7) is 8.49. The second-order valence-corrected chi connectivity index (χ2v) is 5.51. The van der Waals surface area contributed by atoms with E-state index in [2.05, 4.69) is 70.2 Å². The number of nitrogens with zero attached hydrogens (tertiary/aromatic N) is 2. The van der Waals surface area contributed by atoms with Crippen LogP contribution in [0.15, 0.2) is 48.1 Å². The monoisotopic (exact) mass is 280 g/mol. The zero-order valence-corrected chi connectivity index (χ0v) is 13.6. The second kappa shape index (κ2) is 6.57. The molecule has 2 nitrogen and oxygen atoms in total. The number of aryl methyl sites for hydroxylation is 2. The smallest absolute Gasteiger partial charge is 0.0932 e. The highest BCUT2D eigenvalue weighted by molar-refractivity contribution is 5.76. The molecule has 2 heteroatoms. The Morgan fingerprint density at radius 3 is 2.57 bits per heavy atom. The Morgan fingerprint density at radius 1 is 1.24 bits per heavy atom. The molecule has 0 aliphatic heterocycles. The van der Waals surface area contributed by atoms with E-state index in [-0.39, 0.29) is 0 Å². The van der Waals surface area contributed by atoms with E-state index in [1.165, 1.54) is 22.3 Å². The quantitative estimate of drug-likeness (QED) is 0.719. The van der Waals surface area contributed by atoms with Gasteiger partial charge in [-0.15, -0.1) is 0 Å². The van der Waals surface area contributed by atoms with E-state index in [0.717, 1.165) is 17.8 Å². The summed E-state index contributed by atoms with van der Waals surface area (Å²) in [7, 11) is 2.01. The van der Waals surface area contributed by atoms with Crippen LogP contribution in [0.1, 0.15) is 39.0 Å². The highest BCUT2D eigenvalue weighted by atomic mass is 15.3. The summed E-state index contributed by atoms with van der Waals surface area (Å²) < 4.78 is 1.97. The van der Waals surface area contributed by atoms with Crippen LogP contribution in [-0.2, 0) is 13.5 Å². The number of hydrogen-bond donors (Lipinski definition) is 0. The molecule has 0 amide bonds. The van der Waals surface area contributed by atoms with Crippen LogP contribution in [0.2, 0.25) is 0 Å². The number of rotatable bonds is 4. The van der Waals surface area contributed by atoms with Gasteiger partial charge in [0.15, 0.2) is 0 Å². The van der Waals surface area contributed by atoms with E-state index in [1.807, 2.05) is 11.7 Å². The average molecular weight is 280 g/mol. The summed E-state index contributed by atoms with van der Waals surface area (Å²) in [5.74, 6) is 0. The van der Waals surface area contributed by atoms with Crippen molar-refractivity contribution in [3.8, 4) is 11.3 Å². The fourth-order valence-electron chi connectivity index (χ4n) is 2.56. The van der Waals surface area contributed by atoms with Gasteiger partial charge in [0.25, 0.3) is 0 Å². The first-order chi connectivity index (χ1) is 10.1. The summed E-state index contributed by atoms with van der Waals surface area (Å²) in [5.41, 5.74) is 7.27. The van der Waals surface area contributed by atoms with Crippen LogP contribution in [0, 0.1) is 0 Å². The predicted octanol–water partition coefficient (Wildman–Crippen LogP) is 5.02. The number of aromatic nitrogens is 2. The first kappa shape index (κ1) is 15.3. The van der Waals surface area contributed by atoms with Crippen LogP contribution in [-0.4, -0.2) is 9.78 Å². The lowest BCUT2D eigenvalue weighted by Gasteiger charge is -2.03. The third-order valence-electron chi connectivity index (χ3n) is 3.60. The van der Waals surface area contributed by atoms with Crippen molar-refractivity contribution in [2.75, 3.05) is 0 Å². The molecule has 2 rings (SSSR count). The van der Waals surface area contributed by atoms with Gasteiger partial charge in [0.1, 0.15) is 0 Å². The minimum Gasteiger partial charge on any atom is -0.267 e. The maximum absolute atomic E-state index is 4.71. The maximum Gasteiger partial charge on any atom is 0.0932 e. The van der Waals surface area contributed by atoms with Crippen molar-refractivity contribution in [2.45, 2.75) is 34.1 Å². The summed E-state index contributed by atoms with van der Waals surface area (Å²) in [6, 6.07) is 10.7. The minimum atomic E-state index is 1.02. The van der Waals surface area contributed by atoms with E-state index in [9.17, 15) is 0 Å². The Balaban J connectivity index is 2.51. The lowest BCUT2D eigenvalue weighted by Crippen LogP contribution is -1.96. The average Bonchev–Trinajstić information content (AvgIpc) is 2.86. The van der Waals surface area contributed by atoms with E-state index in [4.69, 9.17) is 5.10 Å². The standard InChI is InChI=1S/C19H24N2/c1-6-15-10-8-9-11-17(15)18-13-19(21(5)20-18)16(7-2)12-14(3)4/h7-13H,6H2,1-5H3. The number of benzene rings is 1. The van der Waals surface area contributed by atoms with E-state index in [1.54, 1.807) is 0 Å². The first-order valence-corrected chi connectivity index (χ1v) is 7.50. The number of hydrogen-bond acceptors (Lipinski definition) is 1. The molecule has 0 atom stereocenters. The molecule has 0 N–H and O–H groups in total. The van der Waals surface area contributed by atoms with Crippen molar-refractivity contribution >= 4 is 5.57 Å². The van der Waals surface area contributed by atoms with Gasteiger partial charge in [-0.05, 0) is 44.4 Å². The zero-order valence-electron chi connectivity index (χ0n) is 13.6. The van der Waals surface area contributed by atoms with Gasteiger partial charge >= 0.3 is 0 Å². The van der Waals surface area contributed by atoms with E-state index < -0.39 is 0 Å². The molecular weight excluding hydrogens is 256 g/mol. The third-order valence-corrected chi connectivity index (χ3v) is 3.60. The largest absolute Gasteiger partial charge is 0.267 e. The van der Waals surface area contributed by atoms with Crippen molar-refractivity contribution in [3.05, 3.63) is 59.3 Å². The number of allylic oxidation sites excluding steroid dienone is 4. The molecule has 0 saturated carbocycles. The first-order valence-electron chi connectivity index (χ1n) is 7.50. The normalized spacial score (nSPS) is 11.6. The molecule has 0 bridgehead atoms. The Bertz CT molecular complexity index is 683. The summed E-state index contributed by atoms with van der Waals surface area (Å²) in [4.78, 5) is 0. The molecule has 0 spiro atoms. The van der Waals surface area contributed by atoms with Crippen LogP contribution in [0.5, 0.6) is 0 Å². The van der Waals surface area contributed by atoms with Gasteiger partial charge in [0.2, 0.25) is 0 Å². The van der Waals surface area contributed by atoms with E-state index >= 15 is 0 Å². The fourth-order valence-corrected chi connectivity index (χ4v) is 2.56. The molecule has 1 aromatic heterocycles. The van der Waals surface area contributed by atoms with Crippen molar-refractivity contribution < 1.29 is 0 Å². The van der Waals surface area contributed by atoms with E-state index in [0.29, 0.717) is 0 Å². The van der Waals surface area contributed by atoms with Gasteiger partial charge in [-0.1, -0.05) is 48.9 Å². The molecule has 0 aliphatic carbocycles. The SMILES string of the molecule is CC=C(C=C(C)C)c1cc(-c2ccccc2CC)nn1C. The van der Waals surface area contributed by atoms with Crippen molar-refractivity contribution in [1.82, 2.24) is 9.78 Å². The maximum atomic E-state index is 4.71. The van der Waals surface area contributed by atoms with Gasteiger partial charge < -0.3 is 0 Å². The Kier molecular flexibility index (Phi) is 4.79. The van der Waals surface area contributed by atoms with Crippen LogP contribution in [0.25, 0.3) is 16.8 Å². The molecular formula is C19H24N2. The van der Waals surface area contributed by atoms with Crippen LogP contribution in [0.3, 0.4) is 0 Å². The highest BCUT2D eigenvalue weighted by Crippen LogP contribution is 2.27. The molecule has 2 aromatic rings. The lowest BCUT2D eigenvalue weighted by molar-refractivity contribution is 0.759. The predicted molar refractivity (Wildman–Crippen MR) is 91.1 cm³/mol. The Morgan fingerprint density at radius 2 is 1.95 bits per heavy atom. The third kappa shape index (κ3) is 3.33. The molecule has 0 unspecified atom stereocenters. The summed E-state index contributed by atoms with van der Waals surface area (Å²) in [5, 5.41) is 4.71. The topological polar surface area (TPSA) is 17.8 Å². The Hall–Kier alpha value is -2.09. The molecule has 110 valence electrons. The van der Waals surface area contributed by atoms with Gasteiger partial charge in [0, 0.05) is 12.6 Å². The van der Waals surface area contributed by atoms with Crippen LogP contribution >= 0.6 is 0 Å². The van der Waals surface area contributed by atoms with Crippen molar-refractivity contribution in [1.29, 1.82) is 0 Å². The van der Waals surface area contributed by atoms with Crippen LogP contribution in [0.4, 0.5) is 0 Å². The van der Waals surface area contributed by atoms with Gasteiger partial charge in [-0.3, -0.25) is 4.68 Å². The molecule has 21 heavy (non-hydrogen) atoms. The van der Waals surface area contributed by atoms with Gasteiger partial charge in [0.05, 0.1) is 11.4 Å². The minimum absolute atomic E-state index is 1.02. The lowest BCUT2D eigenvalue weighted by atomic mass is 10.0.